The van der Waals surface area contributed by atoms with Crippen LogP contribution in [0.25, 0.3) is 0 Å². The Bertz CT molecular complexity index is 578. The highest BCUT2D eigenvalue weighted by molar-refractivity contribution is 9.11. The van der Waals surface area contributed by atoms with Crippen molar-refractivity contribution in [3.63, 3.8) is 0 Å². The first-order valence-electron chi connectivity index (χ1n) is 4.99. The zero-order valence-electron chi connectivity index (χ0n) is 9.18. The van der Waals surface area contributed by atoms with Crippen LogP contribution in [0, 0.1) is 24.4 Å². The first kappa shape index (κ1) is 13.6. The molecule has 0 amide bonds. The van der Waals surface area contributed by atoms with Crippen LogP contribution in [0.2, 0.25) is 0 Å². The molecule has 1 N–H and O–H groups in total. The molecule has 2 aromatic rings. The third-order valence-electron chi connectivity index (χ3n) is 2.51. The van der Waals surface area contributed by atoms with Crippen LogP contribution in [0.1, 0.15) is 22.1 Å². The number of halogens is 4. The van der Waals surface area contributed by atoms with E-state index in [9.17, 15) is 18.3 Å². The topological polar surface area (TPSA) is 20.2 Å². The van der Waals surface area contributed by atoms with E-state index in [2.05, 4.69) is 15.9 Å². The second-order valence-corrected chi connectivity index (χ2v) is 6.17. The largest absolute Gasteiger partial charge is 0.383 e. The molecule has 0 saturated heterocycles. The Balaban J connectivity index is 2.46. The third kappa shape index (κ3) is 2.32. The molecule has 2 rings (SSSR count). The molecular formula is C12H8BrF3OS. The first-order chi connectivity index (χ1) is 8.41. The quantitative estimate of drug-likeness (QED) is 0.810. The smallest absolute Gasteiger partial charge is 0.194 e. The SMILES string of the molecule is Cc1cc(C(O)c2ccc(F)c(F)c2F)sc1Br. The lowest BCUT2D eigenvalue weighted by Gasteiger charge is -2.10. The Morgan fingerprint density at radius 2 is 1.89 bits per heavy atom. The molecule has 0 fully saturated rings. The second-order valence-electron chi connectivity index (χ2n) is 3.77. The van der Waals surface area contributed by atoms with E-state index in [0.29, 0.717) is 4.88 Å². The monoisotopic (exact) mass is 336 g/mol. The van der Waals surface area contributed by atoms with E-state index in [1.54, 1.807) is 6.07 Å². The fraction of sp³-hybridized carbons (Fsp3) is 0.167. The fourth-order valence-electron chi connectivity index (χ4n) is 1.52. The molecule has 0 aliphatic rings. The average molecular weight is 337 g/mol. The lowest BCUT2D eigenvalue weighted by atomic mass is 10.1. The lowest BCUT2D eigenvalue weighted by molar-refractivity contribution is 0.216. The maximum absolute atomic E-state index is 13.5. The average Bonchev–Trinajstić information content (AvgIpc) is 2.66. The predicted molar refractivity (Wildman–Crippen MR) is 67.1 cm³/mol. The molecule has 0 aliphatic heterocycles. The minimum Gasteiger partial charge on any atom is -0.383 e. The highest BCUT2D eigenvalue weighted by Crippen LogP contribution is 2.35. The van der Waals surface area contributed by atoms with E-state index < -0.39 is 23.6 Å². The lowest BCUT2D eigenvalue weighted by Crippen LogP contribution is -2.04. The van der Waals surface area contributed by atoms with Crippen LogP contribution >= 0.6 is 27.3 Å². The summed E-state index contributed by atoms with van der Waals surface area (Å²) in [6, 6.07) is 3.51. The van der Waals surface area contributed by atoms with Crippen molar-refractivity contribution < 1.29 is 18.3 Å². The van der Waals surface area contributed by atoms with Gasteiger partial charge in [0.2, 0.25) is 0 Å². The van der Waals surface area contributed by atoms with Gasteiger partial charge in [0.1, 0.15) is 6.10 Å². The summed E-state index contributed by atoms with van der Waals surface area (Å²) in [5, 5.41) is 9.99. The van der Waals surface area contributed by atoms with Crippen LogP contribution < -0.4 is 0 Å². The van der Waals surface area contributed by atoms with Gasteiger partial charge in [-0.3, -0.25) is 0 Å². The molecule has 0 bridgehead atoms. The van der Waals surface area contributed by atoms with Gasteiger partial charge in [-0.2, -0.15) is 0 Å². The minimum absolute atomic E-state index is 0.275. The van der Waals surface area contributed by atoms with Crippen LogP contribution in [0.15, 0.2) is 22.0 Å². The van der Waals surface area contributed by atoms with Gasteiger partial charge in [0.15, 0.2) is 17.5 Å². The van der Waals surface area contributed by atoms with Gasteiger partial charge < -0.3 is 5.11 Å². The van der Waals surface area contributed by atoms with E-state index in [0.717, 1.165) is 21.5 Å². The zero-order chi connectivity index (χ0) is 13.4. The molecule has 1 nitrogen and oxygen atoms in total. The summed E-state index contributed by atoms with van der Waals surface area (Å²) in [6.45, 7) is 1.82. The maximum Gasteiger partial charge on any atom is 0.194 e. The van der Waals surface area contributed by atoms with Crippen molar-refractivity contribution in [2.24, 2.45) is 0 Å². The Hall–Kier alpha value is -0.850. The Morgan fingerprint density at radius 1 is 1.22 bits per heavy atom. The summed E-state index contributed by atoms with van der Waals surface area (Å²) >= 11 is 4.50. The molecule has 1 aromatic heterocycles. The highest BCUT2D eigenvalue weighted by Gasteiger charge is 2.22. The maximum atomic E-state index is 13.5. The summed E-state index contributed by atoms with van der Waals surface area (Å²) < 4.78 is 40.2. The van der Waals surface area contributed by atoms with Crippen LogP contribution in [0.3, 0.4) is 0 Å². The van der Waals surface area contributed by atoms with Crippen molar-refractivity contribution in [3.8, 4) is 0 Å². The molecule has 1 aromatic carbocycles. The summed E-state index contributed by atoms with van der Waals surface area (Å²) in [5.74, 6) is -4.20. The van der Waals surface area contributed by atoms with Crippen molar-refractivity contribution in [1.82, 2.24) is 0 Å². The van der Waals surface area contributed by atoms with Gasteiger partial charge in [0.05, 0.1) is 3.79 Å². The first-order valence-corrected chi connectivity index (χ1v) is 6.60. The Kier molecular flexibility index (Phi) is 3.79. The molecule has 0 saturated carbocycles. The van der Waals surface area contributed by atoms with Crippen LogP contribution in [0.4, 0.5) is 13.2 Å². The Labute approximate surface area is 114 Å². The molecule has 1 unspecified atom stereocenters. The molecule has 18 heavy (non-hydrogen) atoms. The number of aliphatic hydroxyl groups excluding tert-OH is 1. The highest BCUT2D eigenvalue weighted by atomic mass is 79.9. The number of benzene rings is 1. The zero-order valence-corrected chi connectivity index (χ0v) is 11.6. The molecule has 0 spiro atoms. The van der Waals surface area contributed by atoms with Crippen molar-refractivity contribution in [2.45, 2.75) is 13.0 Å². The number of hydrogen-bond donors (Lipinski definition) is 1. The molecule has 96 valence electrons. The van der Waals surface area contributed by atoms with Crippen molar-refractivity contribution >= 4 is 27.3 Å². The minimum atomic E-state index is -1.57. The normalized spacial score (nSPS) is 12.8. The van der Waals surface area contributed by atoms with Crippen LogP contribution in [-0.4, -0.2) is 5.11 Å². The standard InChI is InChI=1S/C12H8BrF3OS/c1-5-4-8(18-12(5)13)11(17)6-2-3-7(14)10(16)9(6)15/h2-4,11,17H,1H3. The number of rotatable bonds is 2. The van der Waals surface area contributed by atoms with Crippen LogP contribution in [0.5, 0.6) is 0 Å². The van der Waals surface area contributed by atoms with Crippen molar-refractivity contribution in [3.05, 3.63) is 55.4 Å². The van der Waals surface area contributed by atoms with Gasteiger partial charge in [-0.25, -0.2) is 13.2 Å². The molecule has 0 radical (unpaired) electrons. The van der Waals surface area contributed by atoms with E-state index in [-0.39, 0.29) is 5.56 Å². The summed E-state index contributed by atoms with van der Waals surface area (Å²) in [7, 11) is 0. The van der Waals surface area contributed by atoms with Gasteiger partial charge in [-0.1, -0.05) is 0 Å². The number of aryl methyl sites for hydroxylation is 1. The van der Waals surface area contributed by atoms with Gasteiger partial charge in [0.25, 0.3) is 0 Å². The summed E-state index contributed by atoms with van der Waals surface area (Å²) in [5.41, 5.74) is 0.611. The second kappa shape index (κ2) is 5.03. The summed E-state index contributed by atoms with van der Waals surface area (Å²) in [6.07, 6.45) is -1.31. The predicted octanol–water partition coefficient (Wildman–Crippen LogP) is 4.32. The molecule has 1 heterocycles. The van der Waals surface area contributed by atoms with E-state index in [1.807, 2.05) is 6.92 Å². The number of thiophene rings is 1. The van der Waals surface area contributed by atoms with Gasteiger partial charge in [-0.05, 0) is 46.6 Å². The van der Waals surface area contributed by atoms with E-state index in [1.165, 1.54) is 11.3 Å². The Morgan fingerprint density at radius 3 is 2.44 bits per heavy atom. The molecular weight excluding hydrogens is 329 g/mol. The van der Waals surface area contributed by atoms with Crippen molar-refractivity contribution in [1.29, 1.82) is 0 Å². The van der Waals surface area contributed by atoms with Gasteiger partial charge in [0, 0.05) is 10.4 Å². The van der Waals surface area contributed by atoms with Crippen LogP contribution in [-0.2, 0) is 0 Å². The number of aliphatic hydroxyl groups is 1. The fourth-order valence-corrected chi connectivity index (χ4v) is 3.10. The number of hydrogen-bond acceptors (Lipinski definition) is 2. The van der Waals surface area contributed by atoms with E-state index >= 15 is 0 Å². The summed E-state index contributed by atoms with van der Waals surface area (Å²) in [4.78, 5) is 0.462. The van der Waals surface area contributed by atoms with Gasteiger partial charge >= 0.3 is 0 Å². The van der Waals surface area contributed by atoms with Crippen molar-refractivity contribution in [2.75, 3.05) is 0 Å². The third-order valence-corrected chi connectivity index (χ3v) is 4.69. The molecule has 6 heteroatoms. The van der Waals surface area contributed by atoms with Gasteiger partial charge in [-0.15, -0.1) is 11.3 Å². The molecule has 0 aliphatic carbocycles. The molecule has 1 atom stereocenters. The van der Waals surface area contributed by atoms with E-state index in [4.69, 9.17) is 0 Å².